The van der Waals surface area contributed by atoms with Crippen LogP contribution in [0.15, 0.2) is 53.5 Å². The lowest BCUT2D eigenvalue weighted by Crippen LogP contribution is -2.39. The van der Waals surface area contributed by atoms with Gasteiger partial charge in [0.25, 0.3) is 5.91 Å². The molecule has 31 heavy (non-hydrogen) atoms. The van der Waals surface area contributed by atoms with Crippen molar-refractivity contribution in [3.63, 3.8) is 0 Å². The third kappa shape index (κ3) is 8.95. The topological polar surface area (TPSA) is 66.0 Å². The number of carbonyl (C=O) groups excluding carboxylic acids is 1. The van der Waals surface area contributed by atoms with Gasteiger partial charge in [0.15, 0.2) is 12.6 Å². The highest BCUT2D eigenvalue weighted by Gasteiger charge is 2.23. The number of carbonyl (C=O) groups is 1. The molecule has 2 aromatic rings. The highest BCUT2D eigenvalue weighted by molar-refractivity contribution is 14.0. The van der Waals surface area contributed by atoms with E-state index in [0.29, 0.717) is 11.8 Å². The van der Waals surface area contributed by atoms with Crippen LogP contribution >= 0.6 is 35.6 Å². The summed E-state index contributed by atoms with van der Waals surface area (Å²) < 4.78 is 5.55. The largest absolute Gasteiger partial charge is 0.484 e. The molecule has 8 heteroatoms. The fraction of sp³-hybridized carbons (Fsp3) is 0.391. The predicted octanol–water partition coefficient (Wildman–Crippen LogP) is 3.87. The van der Waals surface area contributed by atoms with Gasteiger partial charge in [-0.15, -0.1) is 24.0 Å². The minimum atomic E-state index is -0.0557. The highest BCUT2D eigenvalue weighted by Crippen LogP contribution is 2.18. The second-order valence-corrected chi connectivity index (χ2v) is 7.92. The summed E-state index contributed by atoms with van der Waals surface area (Å²) in [5, 5.41) is 7.04. The number of rotatable bonds is 9. The number of halogens is 2. The first-order valence-electron chi connectivity index (χ1n) is 10.2. The Labute approximate surface area is 206 Å². The number of nitrogens with zero attached hydrogens (tertiary/aromatic N) is 2. The molecular weight excluding hydrogens is 527 g/mol. The summed E-state index contributed by atoms with van der Waals surface area (Å²) in [6.45, 7) is 1.58. The Kier molecular flexibility index (Phi) is 10.4. The summed E-state index contributed by atoms with van der Waals surface area (Å²) in [5.41, 5.74) is 2.36. The van der Waals surface area contributed by atoms with E-state index in [9.17, 15) is 4.79 Å². The molecule has 1 saturated carbocycles. The number of nitrogens with one attached hydrogen (secondary N) is 2. The predicted molar refractivity (Wildman–Crippen MR) is 137 cm³/mol. The van der Waals surface area contributed by atoms with Crippen molar-refractivity contribution >= 4 is 47.4 Å². The molecule has 0 atom stereocenters. The third-order valence-corrected chi connectivity index (χ3v) is 5.09. The van der Waals surface area contributed by atoms with E-state index in [1.807, 2.05) is 55.6 Å². The molecule has 0 aliphatic heterocycles. The van der Waals surface area contributed by atoms with Crippen LogP contribution in [0.5, 0.6) is 5.75 Å². The van der Waals surface area contributed by atoms with Crippen LogP contribution in [0.3, 0.4) is 0 Å². The van der Waals surface area contributed by atoms with Crippen LogP contribution in [-0.4, -0.2) is 50.1 Å². The van der Waals surface area contributed by atoms with Crippen LogP contribution in [0.25, 0.3) is 0 Å². The van der Waals surface area contributed by atoms with Gasteiger partial charge in [-0.2, -0.15) is 0 Å². The zero-order chi connectivity index (χ0) is 21.3. The molecule has 0 unspecified atom stereocenters. The van der Waals surface area contributed by atoms with E-state index in [0.717, 1.165) is 43.3 Å². The van der Waals surface area contributed by atoms with Crippen molar-refractivity contribution in [3.8, 4) is 5.75 Å². The number of aliphatic imine (C=N–C) groups is 1. The lowest BCUT2D eigenvalue weighted by Gasteiger charge is -2.22. The number of ether oxygens (including phenoxy) is 1. The van der Waals surface area contributed by atoms with E-state index in [4.69, 9.17) is 16.3 Å². The lowest BCUT2D eigenvalue weighted by atomic mass is 10.1. The van der Waals surface area contributed by atoms with Crippen LogP contribution in [0.4, 0.5) is 0 Å². The average molecular weight is 557 g/mol. The molecule has 3 rings (SSSR count). The molecule has 1 aliphatic rings. The Balaban J connectivity index is 0.00000341. The molecule has 1 amide bonds. The molecular formula is C23H30ClIN4O2. The monoisotopic (exact) mass is 556 g/mol. The van der Waals surface area contributed by atoms with E-state index >= 15 is 0 Å². The number of hydrogen-bond donors (Lipinski definition) is 2. The van der Waals surface area contributed by atoms with Crippen LogP contribution in [0.1, 0.15) is 24.0 Å². The summed E-state index contributed by atoms with van der Waals surface area (Å²) in [6.07, 6.45) is 3.02. The number of guanidine groups is 1. The number of hydrogen-bond acceptors (Lipinski definition) is 3. The van der Waals surface area contributed by atoms with Crippen molar-refractivity contribution in [2.75, 3.05) is 27.2 Å². The summed E-state index contributed by atoms with van der Waals surface area (Å²) in [7, 11) is 3.79. The minimum absolute atomic E-state index is 0. The van der Waals surface area contributed by atoms with Gasteiger partial charge in [-0.1, -0.05) is 35.9 Å². The first-order valence-corrected chi connectivity index (χ1v) is 10.6. The maximum atomic E-state index is 11.7. The average Bonchev–Trinajstić information content (AvgIpc) is 3.56. The first-order chi connectivity index (χ1) is 14.5. The maximum absolute atomic E-state index is 11.7. The Morgan fingerprint density at radius 2 is 1.77 bits per heavy atom. The van der Waals surface area contributed by atoms with Gasteiger partial charge in [-0.05, 0) is 54.7 Å². The fourth-order valence-corrected chi connectivity index (χ4v) is 3.17. The molecule has 0 bridgehead atoms. The lowest BCUT2D eigenvalue weighted by molar-refractivity contribution is -0.123. The molecule has 6 nitrogen and oxygen atoms in total. The second kappa shape index (κ2) is 12.8. The van der Waals surface area contributed by atoms with Crippen LogP contribution < -0.4 is 15.4 Å². The van der Waals surface area contributed by atoms with Crippen molar-refractivity contribution in [3.05, 3.63) is 64.7 Å². The molecule has 0 heterocycles. The first kappa shape index (κ1) is 25.3. The Morgan fingerprint density at radius 1 is 1.13 bits per heavy atom. The van der Waals surface area contributed by atoms with E-state index < -0.39 is 0 Å². The summed E-state index contributed by atoms with van der Waals surface area (Å²) >= 11 is 5.95. The number of amides is 1. The summed E-state index contributed by atoms with van der Waals surface area (Å²) in [5.74, 6) is 1.49. The van der Waals surface area contributed by atoms with Crippen molar-refractivity contribution in [2.24, 2.45) is 4.99 Å². The molecule has 0 saturated heterocycles. The Bertz CT molecular complexity index is 855. The smallest absolute Gasteiger partial charge is 0.258 e. The van der Waals surface area contributed by atoms with Gasteiger partial charge < -0.3 is 20.3 Å². The molecule has 2 N–H and O–H groups in total. The van der Waals surface area contributed by atoms with Gasteiger partial charge in [0.2, 0.25) is 0 Å². The second-order valence-electron chi connectivity index (χ2n) is 7.48. The van der Waals surface area contributed by atoms with Crippen LogP contribution in [0, 0.1) is 0 Å². The van der Waals surface area contributed by atoms with Crippen LogP contribution in [0.2, 0.25) is 5.02 Å². The standard InChI is InChI=1S/C23H29ClN4O2.HI/c1-25-23(28(2)15-18-3-7-19(24)8-4-18)26-14-13-17-5-11-21(12-6-17)30-16-22(29)27-20-9-10-20;/h3-8,11-12,20H,9-10,13-16H2,1-2H3,(H,25,26)(H,27,29);1H. The zero-order valence-electron chi connectivity index (χ0n) is 17.9. The zero-order valence-corrected chi connectivity index (χ0v) is 21.0. The van der Waals surface area contributed by atoms with Crippen molar-refractivity contribution in [2.45, 2.75) is 31.8 Å². The molecule has 0 aromatic heterocycles. The van der Waals surface area contributed by atoms with Gasteiger partial charge in [-0.3, -0.25) is 9.79 Å². The highest BCUT2D eigenvalue weighted by atomic mass is 127. The Hall–Kier alpha value is -2.00. The van der Waals surface area contributed by atoms with E-state index in [-0.39, 0.29) is 36.5 Å². The van der Waals surface area contributed by atoms with E-state index in [2.05, 4.69) is 20.5 Å². The van der Waals surface area contributed by atoms with Crippen molar-refractivity contribution in [1.29, 1.82) is 0 Å². The molecule has 0 spiro atoms. The molecule has 0 radical (unpaired) electrons. The quantitative estimate of drug-likeness (QED) is 0.280. The minimum Gasteiger partial charge on any atom is -0.484 e. The van der Waals surface area contributed by atoms with Crippen LogP contribution in [-0.2, 0) is 17.8 Å². The fourth-order valence-electron chi connectivity index (χ4n) is 3.04. The normalized spacial score (nSPS) is 13.2. The van der Waals surface area contributed by atoms with E-state index in [1.165, 1.54) is 11.1 Å². The van der Waals surface area contributed by atoms with Gasteiger partial charge >= 0.3 is 0 Å². The Morgan fingerprint density at radius 3 is 2.39 bits per heavy atom. The molecule has 168 valence electrons. The number of benzene rings is 2. The SMILES string of the molecule is CN=C(NCCc1ccc(OCC(=O)NC2CC2)cc1)N(C)Cc1ccc(Cl)cc1.I. The summed E-state index contributed by atoms with van der Waals surface area (Å²) in [6, 6.07) is 16.0. The van der Waals surface area contributed by atoms with Gasteiger partial charge in [0, 0.05) is 38.2 Å². The van der Waals surface area contributed by atoms with Gasteiger partial charge in [0.1, 0.15) is 5.75 Å². The molecule has 1 fully saturated rings. The summed E-state index contributed by atoms with van der Waals surface area (Å²) in [4.78, 5) is 18.1. The van der Waals surface area contributed by atoms with Crippen molar-refractivity contribution in [1.82, 2.24) is 15.5 Å². The van der Waals surface area contributed by atoms with Gasteiger partial charge in [-0.25, -0.2) is 0 Å². The maximum Gasteiger partial charge on any atom is 0.258 e. The molecule has 1 aliphatic carbocycles. The van der Waals surface area contributed by atoms with E-state index in [1.54, 1.807) is 7.05 Å². The van der Waals surface area contributed by atoms with Gasteiger partial charge in [0.05, 0.1) is 0 Å². The van der Waals surface area contributed by atoms with Crippen molar-refractivity contribution < 1.29 is 9.53 Å². The molecule has 2 aromatic carbocycles. The third-order valence-electron chi connectivity index (χ3n) is 4.84.